The van der Waals surface area contributed by atoms with Crippen LogP contribution in [0.4, 0.5) is 0 Å². The highest BCUT2D eigenvalue weighted by molar-refractivity contribution is 7.99. The Balaban J connectivity index is 1.78. The number of methoxy groups -OCH3 is 1. The zero-order valence-corrected chi connectivity index (χ0v) is 12.5. The Morgan fingerprint density at radius 1 is 1.58 bits per heavy atom. The van der Waals surface area contributed by atoms with E-state index >= 15 is 0 Å². The molecule has 106 valence electrons. The Kier molecular flexibility index (Phi) is 5.31. The molecule has 0 amide bonds. The first-order valence-corrected chi connectivity index (χ1v) is 7.96. The average molecular weight is 282 g/mol. The van der Waals surface area contributed by atoms with Crippen molar-refractivity contribution in [3.05, 3.63) is 18.0 Å². The first-order valence-electron chi connectivity index (χ1n) is 6.91. The molecule has 1 aliphatic rings. The first kappa shape index (κ1) is 14.4. The highest BCUT2D eigenvalue weighted by atomic mass is 32.2. The van der Waals surface area contributed by atoms with Crippen molar-refractivity contribution in [2.45, 2.75) is 56.1 Å². The number of carbonyl (C=O) groups excluding carboxylic acids is 1. The second-order valence-corrected chi connectivity index (χ2v) is 6.55. The molecule has 1 heterocycles. The molecule has 1 aromatic heterocycles. The second-order valence-electron chi connectivity index (χ2n) is 5.13. The maximum absolute atomic E-state index is 11.2. The van der Waals surface area contributed by atoms with Crippen LogP contribution in [0.25, 0.3) is 0 Å². The molecule has 5 heteroatoms. The van der Waals surface area contributed by atoms with Gasteiger partial charge in [0, 0.05) is 17.2 Å². The maximum atomic E-state index is 11.2. The summed E-state index contributed by atoms with van der Waals surface area (Å²) in [7, 11) is 1.43. The van der Waals surface area contributed by atoms with Crippen LogP contribution in [0.2, 0.25) is 0 Å². The molecule has 0 aromatic carbocycles. The zero-order valence-electron chi connectivity index (χ0n) is 11.7. The SMILES string of the molecule is COC(=O)CC(C)SCc1ccn(C2CCCC2)n1. The molecule has 1 atom stereocenters. The molecule has 0 radical (unpaired) electrons. The fraction of sp³-hybridized carbons (Fsp3) is 0.714. The monoisotopic (exact) mass is 282 g/mol. The summed E-state index contributed by atoms with van der Waals surface area (Å²) < 4.78 is 6.79. The zero-order chi connectivity index (χ0) is 13.7. The lowest BCUT2D eigenvalue weighted by atomic mass is 10.3. The Bertz CT molecular complexity index is 413. The summed E-state index contributed by atoms with van der Waals surface area (Å²) in [6.45, 7) is 2.05. The lowest BCUT2D eigenvalue weighted by Gasteiger charge is -2.10. The van der Waals surface area contributed by atoms with E-state index in [0.717, 1.165) is 11.4 Å². The van der Waals surface area contributed by atoms with Gasteiger partial charge < -0.3 is 4.74 Å². The van der Waals surface area contributed by atoms with Gasteiger partial charge in [-0.3, -0.25) is 9.48 Å². The van der Waals surface area contributed by atoms with Crippen LogP contribution in [-0.4, -0.2) is 28.1 Å². The topological polar surface area (TPSA) is 44.1 Å². The van der Waals surface area contributed by atoms with E-state index in [4.69, 9.17) is 0 Å². The third-order valence-electron chi connectivity index (χ3n) is 3.56. The van der Waals surface area contributed by atoms with E-state index in [2.05, 4.69) is 33.7 Å². The number of aromatic nitrogens is 2. The molecule has 1 saturated carbocycles. The number of carbonyl (C=O) groups is 1. The van der Waals surface area contributed by atoms with Crippen molar-refractivity contribution < 1.29 is 9.53 Å². The van der Waals surface area contributed by atoms with Crippen molar-refractivity contribution in [2.24, 2.45) is 0 Å². The third-order valence-corrected chi connectivity index (χ3v) is 4.76. The molecule has 0 spiro atoms. The summed E-state index contributed by atoms with van der Waals surface area (Å²) in [5, 5.41) is 4.91. The maximum Gasteiger partial charge on any atom is 0.306 e. The summed E-state index contributed by atoms with van der Waals surface area (Å²) in [6, 6.07) is 2.70. The Labute approximate surface area is 118 Å². The van der Waals surface area contributed by atoms with Crippen LogP contribution in [0.15, 0.2) is 12.3 Å². The van der Waals surface area contributed by atoms with Gasteiger partial charge in [-0.1, -0.05) is 19.8 Å². The Morgan fingerprint density at radius 2 is 2.32 bits per heavy atom. The molecular weight excluding hydrogens is 260 g/mol. The molecule has 1 aliphatic carbocycles. The van der Waals surface area contributed by atoms with Crippen molar-refractivity contribution >= 4 is 17.7 Å². The van der Waals surface area contributed by atoms with Gasteiger partial charge in [0.05, 0.1) is 25.3 Å². The van der Waals surface area contributed by atoms with Crippen LogP contribution >= 0.6 is 11.8 Å². The van der Waals surface area contributed by atoms with Crippen molar-refractivity contribution in [1.82, 2.24) is 9.78 Å². The largest absolute Gasteiger partial charge is 0.469 e. The molecule has 0 bridgehead atoms. The summed E-state index contributed by atoms with van der Waals surface area (Å²) >= 11 is 1.75. The van der Waals surface area contributed by atoms with Gasteiger partial charge >= 0.3 is 5.97 Å². The molecule has 2 rings (SSSR count). The van der Waals surface area contributed by atoms with Gasteiger partial charge in [0.1, 0.15) is 0 Å². The van der Waals surface area contributed by atoms with E-state index in [1.165, 1.54) is 32.8 Å². The number of thioether (sulfide) groups is 1. The molecule has 1 unspecified atom stereocenters. The normalized spacial score (nSPS) is 17.6. The molecule has 0 N–H and O–H groups in total. The third kappa shape index (κ3) is 4.27. The number of hydrogen-bond acceptors (Lipinski definition) is 4. The van der Waals surface area contributed by atoms with Gasteiger partial charge in [-0.05, 0) is 18.9 Å². The summed E-state index contributed by atoms with van der Waals surface area (Å²) in [6.07, 6.45) is 7.72. The van der Waals surface area contributed by atoms with E-state index in [9.17, 15) is 4.79 Å². The highest BCUT2D eigenvalue weighted by Crippen LogP contribution is 2.29. The van der Waals surface area contributed by atoms with Gasteiger partial charge in [0.2, 0.25) is 0 Å². The number of ether oxygens (including phenoxy) is 1. The number of nitrogens with zero attached hydrogens (tertiary/aromatic N) is 2. The first-order chi connectivity index (χ1) is 9.19. The van der Waals surface area contributed by atoms with Crippen molar-refractivity contribution in [1.29, 1.82) is 0 Å². The van der Waals surface area contributed by atoms with Crippen molar-refractivity contribution in [3.63, 3.8) is 0 Å². The number of rotatable bonds is 6. The fourth-order valence-corrected chi connectivity index (χ4v) is 3.29. The minimum Gasteiger partial charge on any atom is -0.469 e. The summed E-state index contributed by atoms with van der Waals surface area (Å²) in [5.41, 5.74) is 1.11. The fourth-order valence-electron chi connectivity index (χ4n) is 2.43. The van der Waals surface area contributed by atoms with E-state index in [1.54, 1.807) is 11.8 Å². The minimum absolute atomic E-state index is 0.142. The summed E-state index contributed by atoms with van der Waals surface area (Å²) in [5.74, 6) is 0.717. The minimum atomic E-state index is -0.142. The lowest BCUT2D eigenvalue weighted by molar-refractivity contribution is -0.140. The van der Waals surface area contributed by atoms with Crippen molar-refractivity contribution in [3.8, 4) is 0 Å². The van der Waals surface area contributed by atoms with Crippen LogP contribution < -0.4 is 0 Å². The number of esters is 1. The number of hydrogen-bond donors (Lipinski definition) is 0. The predicted molar refractivity (Wildman–Crippen MR) is 77.1 cm³/mol. The van der Waals surface area contributed by atoms with E-state index in [-0.39, 0.29) is 11.2 Å². The van der Waals surface area contributed by atoms with Crippen molar-refractivity contribution in [2.75, 3.05) is 7.11 Å². The van der Waals surface area contributed by atoms with Crippen LogP contribution in [0.5, 0.6) is 0 Å². The van der Waals surface area contributed by atoms with Crippen LogP contribution in [0.1, 0.15) is 50.8 Å². The van der Waals surface area contributed by atoms with Gasteiger partial charge in [-0.2, -0.15) is 16.9 Å². The van der Waals surface area contributed by atoms with Gasteiger partial charge in [0.15, 0.2) is 0 Å². The smallest absolute Gasteiger partial charge is 0.306 e. The highest BCUT2D eigenvalue weighted by Gasteiger charge is 2.17. The molecule has 19 heavy (non-hydrogen) atoms. The standard InChI is InChI=1S/C14H22N2O2S/c1-11(9-14(17)18-2)19-10-12-7-8-16(15-12)13-5-3-4-6-13/h7-8,11,13H,3-6,9-10H2,1-2H3. The molecule has 0 saturated heterocycles. The van der Waals surface area contributed by atoms with Gasteiger partial charge in [0.25, 0.3) is 0 Å². The quantitative estimate of drug-likeness (QED) is 0.752. The second kappa shape index (κ2) is 6.98. The molecule has 4 nitrogen and oxygen atoms in total. The van der Waals surface area contributed by atoms with Crippen LogP contribution in [0, 0.1) is 0 Å². The average Bonchev–Trinajstić information content (AvgIpc) is 3.06. The Hall–Kier alpha value is -0.970. The molecule has 0 aliphatic heterocycles. The van der Waals surface area contributed by atoms with Gasteiger partial charge in [-0.15, -0.1) is 0 Å². The van der Waals surface area contributed by atoms with Crippen LogP contribution in [-0.2, 0) is 15.3 Å². The van der Waals surface area contributed by atoms with E-state index in [1.807, 2.05) is 0 Å². The lowest BCUT2D eigenvalue weighted by Crippen LogP contribution is -2.09. The Morgan fingerprint density at radius 3 is 3.00 bits per heavy atom. The van der Waals surface area contributed by atoms with Crippen LogP contribution in [0.3, 0.4) is 0 Å². The molecular formula is C14H22N2O2S. The predicted octanol–water partition coefficient (Wildman–Crippen LogP) is 3.18. The molecule has 1 fully saturated rings. The summed E-state index contributed by atoms with van der Waals surface area (Å²) in [4.78, 5) is 11.2. The van der Waals surface area contributed by atoms with E-state index in [0.29, 0.717) is 12.5 Å². The molecule has 1 aromatic rings. The van der Waals surface area contributed by atoms with Gasteiger partial charge in [-0.25, -0.2) is 0 Å². The van der Waals surface area contributed by atoms with E-state index < -0.39 is 0 Å².